The Bertz CT molecular complexity index is 1440. The summed E-state index contributed by atoms with van der Waals surface area (Å²) in [5.74, 6) is -0.371. The van der Waals surface area contributed by atoms with Crippen LogP contribution in [-0.4, -0.2) is 93.3 Å². The zero-order valence-corrected chi connectivity index (χ0v) is 25.3. The van der Waals surface area contributed by atoms with Gasteiger partial charge in [0.1, 0.15) is 0 Å². The van der Waals surface area contributed by atoms with Crippen LogP contribution in [0.2, 0.25) is 0 Å². The number of anilines is 4. The summed E-state index contributed by atoms with van der Waals surface area (Å²) in [6, 6.07) is 20.6. The van der Waals surface area contributed by atoms with E-state index in [0.717, 1.165) is 50.6 Å². The molecular formula is C32H42N10O2. The van der Waals surface area contributed by atoms with E-state index in [9.17, 15) is 9.59 Å². The van der Waals surface area contributed by atoms with E-state index in [2.05, 4.69) is 26.2 Å². The van der Waals surface area contributed by atoms with E-state index in [4.69, 9.17) is 16.6 Å². The molecule has 0 saturated carbocycles. The van der Waals surface area contributed by atoms with E-state index >= 15 is 0 Å². The van der Waals surface area contributed by atoms with Gasteiger partial charge in [-0.05, 0) is 86.3 Å². The quantitative estimate of drug-likeness (QED) is 0.178. The fourth-order valence-corrected chi connectivity index (χ4v) is 5.29. The van der Waals surface area contributed by atoms with Crippen molar-refractivity contribution in [3.05, 3.63) is 83.4 Å². The number of aryl methyl sites for hydroxylation is 1. The molecule has 0 bridgehead atoms. The van der Waals surface area contributed by atoms with Crippen molar-refractivity contribution in [2.45, 2.75) is 6.92 Å². The van der Waals surface area contributed by atoms with Gasteiger partial charge in [-0.2, -0.15) is 0 Å². The van der Waals surface area contributed by atoms with Gasteiger partial charge in [0, 0.05) is 86.2 Å². The van der Waals surface area contributed by atoms with Gasteiger partial charge in [0.25, 0.3) is 11.8 Å². The number of benzene rings is 3. The van der Waals surface area contributed by atoms with Gasteiger partial charge in [0.2, 0.25) is 0 Å². The predicted octanol–water partition coefficient (Wildman–Crippen LogP) is 2.82. The first kappa shape index (κ1) is 31.8. The highest BCUT2D eigenvalue weighted by Gasteiger charge is 2.19. The van der Waals surface area contributed by atoms with Crippen LogP contribution in [0.1, 0.15) is 26.3 Å². The lowest BCUT2D eigenvalue weighted by molar-refractivity contribution is 0.101. The van der Waals surface area contributed by atoms with E-state index in [1.54, 1.807) is 18.2 Å². The average molecular weight is 599 g/mol. The fraction of sp³-hybridized carbons (Fsp3) is 0.312. The molecule has 3 aromatic rings. The van der Waals surface area contributed by atoms with Crippen LogP contribution >= 0.6 is 0 Å². The van der Waals surface area contributed by atoms with Crippen LogP contribution in [-0.2, 0) is 0 Å². The standard InChI is InChI=1S/C31H37N9O2.CH5N/c1-22-20-23(29(41)35-24-3-7-27(8-4-24)39-16-18-40(19-17-39)31(33)34)2-11-28(22)30(42)36-25-5-9-26(10-6-25)38-14-12-37(21-32)13-15-38;1-2/h2-11,20-21,32H,12-19H2,1H3,(H3,33,34)(H,35,41)(H,36,42);2H2,1H3. The number of piperazine rings is 2. The zero-order valence-electron chi connectivity index (χ0n) is 25.3. The van der Waals surface area contributed by atoms with Crippen molar-refractivity contribution in [1.29, 1.82) is 10.8 Å². The Labute approximate surface area is 258 Å². The van der Waals surface area contributed by atoms with Crippen LogP contribution in [0, 0.1) is 17.7 Å². The summed E-state index contributed by atoms with van der Waals surface area (Å²) in [5, 5.41) is 20.9. The van der Waals surface area contributed by atoms with E-state index in [0.29, 0.717) is 41.2 Å². The molecular weight excluding hydrogens is 556 g/mol. The first-order chi connectivity index (χ1) is 21.3. The van der Waals surface area contributed by atoms with Crippen molar-refractivity contribution in [3.8, 4) is 0 Å². The van der Waals surface area contributed by atoms with Crippen LogP contribution in [0.4, 0.5) is 22.7 Å². The molecule has 12 nitrogen and oxygen atoms in total. The fourth-order valence-electron chi connectivity index (χ4n) is 5.29. The molecule has 2 heterocycles. The third-order valence-corrected chi connectivity index (χ3v) is 7.83. The molecule has 232 valence electrons. The first-order valence-corrected chi connectivity index (χ1v) is 14.7. The summed E-state index contributed by atoms with van der Waals surface area (Å²) in [5.41, 5.74) is 15.3. The summed E-state index contributed by atoms with van der Waals surface area (Å²) < 4.78 is 0. The minimum Gasteiger partial charge on any atom is -0.370 e. The van der Waals surface area contributed by atoms with Gasteiger partial charge in [-0.15, -0.1) is 0 Å². The minimum absolute atomic E-state index is 0.105. The summed E-state index contributed by atoms with van der Waals surface area (Å²) in [7, 11) is 1.50. The lowest BCUT2D eigenvalue weighted by atomic mass is 10.0. The summed E-state index contributed by atoms with van der Waals surface area (Å²) >= 11 is 0. The number of nitrogens with one attached hydrogen (secondary N) is 4. The number of hydrogen-bond acceptors (Lipinski definition) is 7. The third kappa shape index (κ3) is 7.84. The van der Waals surface area contributed by atoms with E-state index < -0.39 is 0 Å². The van der Waals surface area contributed by atoms with Crippen molar-refractivity contribution in [1.82, 2.24) is 9.80 Å². The Hall–Kier alpha value is -5.10. The van der Waals surface area contributed by atoms with E-state index in [1.807, 2.05) is 65.3 Å². The molecule has 5 rings (SSSR count). The monoisotopic (exact) mass is 598 g/mol. The molecule has 0 radical (unpaired) electrons. The minimum atomic E-state index is -0.245. The normalized spacial score (nSPS) is 14.7. The molecule has 3 aromatic carbocycles. The topological polar surface area (TPSA) is 171 Å². The Balaban J connectivity index is 0.00000216. The number of carbonyl (C=O) groups is 2. The maximum Gasteiger partial charge on any atom is 0.255 e. The first-order valence-electron chi connectivity index (χ1n) is 14.7. The molecule has 0 unspecified atom stereocenters. The van der Waals surface area contributed by atoms with Gasteiger partial charge in [-0.3, -0.25) is 20.4 Å². The van der Waals surface area contributed by atoms with Gasteiger partial charge in [0.05, 0.1) is 6.34 Å². The van der Waals surface area contributed by atoms with Crippen molar-refractivity contribution in [2.24, 2.45) is 11.5 Å². The molecule has 12 heteroatoms. The van der Waals surface area contributed by atoms with Crippen LogP contribution in [0.15, 0.2) is 66.7 Å². The van der Waals surface area contributed by atoms with Crippen LogP contribution in [0.5, 0.6) is 0 Å². The second-order valence-corrected chi connectivity index (χ2v) is 10.5. The molecule has 0 aliphatic carbocycles. The Kier molecular flexibility index (Phi) is 10.8. The van der Waals surface area contributed by atoms with Gasteiger partial charge in [0.15, 0.2) is 5.96 Å². The molecule has 0 aromatic heterocycles. The lowest BCUT2D eigenvalue weighted by Gasteiger charge is -2.36. The predicted molar refractivity (Wildman–Crippen MR) is 178 cm³/mol. The second kappa shape index (κ2) is 14.9. The second-order valence-electron chi connectivity index (χ2n) is 10.5. The molecule has 0 spiro atoms. The highest BCUT2D eigenvalue weighted by molar-refractivity contribution is 6.08. The number of carbonyl (C=O) groups excluding carboxylic acids is 2. The highest BCUT2D eigenvalue weighted by atomic mass is 16.2. The number of nitrogens with zero attached hydrogens (tertiary/aromatic N) is 4. The van der Waals surface area contributed by atoms with Crippen molar-refractivity contribution < 1.29 is 9.59 Å². The molecule has 2 aliphatic heterocycles. The Morgan fingerprint density at radius 1 is 0.727 bits per heavy atom. The smallest absolute Gasteiger partial charge is 0.255 e. The molecule has 2 aliphatic rings. The molecule has 2 amide bonds. The SMILES string of the molecule is CN.Cc1cc(C(=O)Nc2ccc(N3CCN(C(=N)N)CC3)cc2)ccc1C(=O)Nc1ccc(N2CCN(C=N)CC2)cc1. The number of nitrogens with two attached hydrogens (primary N) is 2. The van der Waals surface area contributed by atoms with Crippen molar-refractivity contribution in [3.63, 3.8) is 0 Å². The third-order valence-electron chi connectivity index (χ3n) is 7.83. The lowest BCUT2D eigenvalue weighted by Crippen LogP contribution is -2.50. The average Bonchev–Trinajstić information content (AvgIpc) is 3.06. The number of amides is 2. The van der Waals surface area contributed by atoms with E-state index in [1.165, 1.54) is 13.4 Å². The molecule has 44 heavy (non-hydrogen) atoms. The van der Waals surface area contributed by atoms with Crippen LogP contribution in [0.25, 0.3) is 0 Å². The van der Waals surface area contributed by atoms with Crippen LogP contribution in [0.3, 0.4) is 0 Å². The Morgan fingerprint density at radius 2 is 1.20 bits per heavy atom. The van der Waals surface area contributed by atoms with Gasteiger partial charge in [-0.25, -0.2) is 0 Å². The Morgan fingerprint density at radius 3 is 1.66 bits per heavy atom. The van der Waals surface area contributed by atoms with Crippen LogP contribution < -0.4 is 31.9 Å². The molecule has 8 N–H and O–H groups in total. The maximum absolute atomic E-state index is 13.0. The summed E-state index contributed by atoms with van der Waals surface area (Å²) in [4.78, 5) is 34.3. The largest absolute Gasteiger partial charge is 0.370 e. The van der Waals surface area contributed by atoms with Gasteiger partial charge in [-0.1, -0.05) is 0 Å². The van der Waals surface area contributed by atoms with Crippen molar-refractivity contribution in [2.75, 3.05) is 79.8 Å². The number of guanidine groups is 1. The number of hydrogen-bond donors (Lipinski definition) is 6. The molecule has 2 saturated heterocycles. The molecule has 2 fully saturated rings. The van der Waals surface area contributed by atoms with E-state index in [-0.39, 0.29) is 17.8 Å². The molecule has 0 atom stereocenters. The highest BCUT2D eigenvalue weighted by Crippen LogP contribution is 2.22. The van der Waals surface area contributed by atoms with Gasteiger partial charge >= 0.3 is 0 Å². The van der Waals surface area contributed by atoms with Crippen molar-refractivity contribution >= 4 is 46.9 Å². The summed E-state index contributed by atoms with van der Waals surface area (Å²) in [6.45, 7) is 8.15. The number of rotatable bonds is 7. The zero-order chi connectivity index (χ0) is 31.6. The summed E-state index contributed by atoms with van der Waals surface area (Å²) in [6.07, 6.45) is 1.39. The maximum atomic E-state index is 13.0. The van der Waals surface area contributed by atoms with Gasteiger partial charge < -0.3 is 41.7 Å².